The molecule has 0 aliphatic carbocycles. The van der Waals surface area contributed by atoms with Gasteiger partial charge in [0, 0.05) is 25.9 Å². The van der Waals surface area contributed by atoms with Crippen molar-refractivity contribution in [2.75, 3.05) is 13.1 Å². The second-order valence-corrected chi connectivity index (χ2v) is 12.4. The van der Waals surface area contributed by atoms with Gasteiger partial charge >= 0.3 is 0 Å². The van der Waals surface area contributed by atoms with Crippen molar-refractivity contribution < 1.29 is 19.8 Å². The van der Waals surface area contributed by atoms with E-state index < -0.39 is 0 Å². The van der Waals surface area contributed by atoms with Gasteiger partial charge in [-0.15, -0.1) is 0 Å². The Kier molecular flexibility index (Phi) is 30.9. The van der Waals surface area contributed by atoms with Crippen LogP contribution in [0.1, 0.15) is 187 Å². The summed E-state index contributed by atoms with van der Waals surface area (Å²) in [6.45, 7) is 5.35. The third kappa shape index (κ3) is 31.6. The van der Waals surface area contributed by atoms with Crippen LogP contribution in [0.25, 0.3) is 0 Å². The molecule has 0 rings (SSSR count). The molecule has 0 bridgehead atoms. The van der Waals surface area contributed by atoms with Crippen LogP contribution in [-0.2, 0) is 9.59 Å². The number of rotatable bonds is 32. The molecule has 0 aliphatic heterocycles. The highest BCUT2D eigenvalue weighted by atomic mass is 16.3. The van der Waals surface area contributed by atoms with E-state index in [1.165, 1.54) is 89.9 Å². The maximum Gasteiger partial charge on any atom is 0.220 e. The van der Waals surface area contributed by atoms with Crippen molar-refractivity contribution in [3.63, 3.8) is 0 Å². The van der Waals surface area contributed by atoms with Crippen LogP contribution < -0.4 is 10.6 Å². The van der Waals surface area contributed by atoms with E-state index in [4.69, 9.17) is 0 Å². The smallest absolute Gasteiger partial charge is 0.220 e. The van der Waals surface area contributed by atoms with Gasteiger partial charge in [0.15, 0.2) is 0 Å². The van der Waals surface area contributed by atoms with Crippen LogP contribution in [0.2, 0.25) is 0 Å². The zero-order valence-corrected chi connectivity index (χ0v) is 27.4. The fourth-order valence-electron chi connectivity index (χ4n) is 5.46. The van der Waals surface area contributed by atoms with E-state index in [2.05, 4.69) is 24.5 Å². The number of unbranched alkanes of at least 4 members (excludes halogenated alkanes) is 17. The molecule has 0 saturated carbocycles. The molecule has 2 atom stereocenters. The Balaban J connectivity index is 3.34. The molecule has 244 valence electrons. The Morgan fingerprint density at radius 1 is 0.439 bits per heavy atom. The first-order valence-electron chi connectivity index (χ1n) is 17.9. The molecule has 0 heterocycles. The third-order valence-corrected chi connectivity index (χ3v) is 8.16. The van der Waals surface area contributed by atoms with E-state index in [0.717, 1.165) is 70.6 Å². The summed E-state index contributed by atoms with van der Waals surface area (Å²) in [4.78, 5) is 24.0. The Bertz CT molecular complexity index is 572. The topological polar surface area (TPSA) is 98.7 Å². The summed E-state index contributed by atoms with van der Waals surface area (Å²) in [7, 11) is 0. The van der Waals surface area contributed by atoms with Gasteiger partial charge in [0.25, 0.3) is 0 Å². The predicted molar refractivity (Wildman–Crippen MR) is 174 cm³/mol. The van der Waals surface area contributed by atoms with Gasteiger partial charge in [0.1, 0.15) is 0 Å². The maximum atomic E-state index is 12.0. The second-order valence-electron chi connectivity index (χ2n) is 12.4. The molecule has 0 aromatic heterocycles. The van der Waals surface area contributed by atoms with Crippen LogP contribution in [-0.4, -0.2) is 47.3 Å². The molecule has 0 fully saturated rings. The Hall–Kier alpha value is -1.14. The summed E-state index contributed by atoms with van der Waals surface area (Å²) < 4.78 is 0. The molecule has 0 saturated heterocycles. The minimum Gasteiger partial charge on any atom is -0.393 e. The number of nitrogens with one attached hydrogen (secondary N) is 2. The van der Waals surface area contributed by atoms with Crippen LogP contribution in [0.3, 0.4) is 0 Å². The van der Waals surface area contributed by atoms with Crippen molar-refractivity contribution in [1.29, 1.82) is 0 Å². The van der Waals surface area contributed by atoms with E-state index in [1.807, 2.05) is 0 Å². The summed E-state index contributed by atoms with van der Waals surface area (Å²) in [6.07, 6.45) is 29.4. The van der Waals surface area contributed by atoms with Crippen LogP contribution in [0.4, 0.5) is 0 Å². The average Bonchev–Trinajstić information content (AvgIpc) is 2.95. The van der Waals surface area contributed by atoms with Crippen LogP contribution >= 0.6 is 0 Å². The normalized spacial score (nSPS) is 12.8. The van der Waals surface area contributed by atoms with Gasteiger partial charge in [-0.3, -0.25) is 9.59 Å². The van der Waals surface area contributed by atoms with E-state index in [1.54, 1.807) is 0 Å². The van der Waals surface area contributed by atoms with Crippen LogP contribution in [0.5, 0.6) is 0 Å². The summed E-state index contributed by atoms with van der Waals surface area (Å²) >= 11 is 0. The fraction of sp³-hybridized carbons (Fsp3) is 0.943. The lowest BCUT2D eigenvalue weighted by atomic mass is 10.0. The lowest BCUT2D eigenvalue weighted by Gasteiger charge is -2.10. The number of hydrogen-bond donors (Lipinski definition) is 4. The first-order chi connectivity index (χ1) is 20.0. The van der Waals surface area contributed by atoms with E-state index >= 15 is 0 Å². The molecule has 0 aromatic carbocycles. The first-order valence-corrected chi connectivity index (χ1v) is 17.9. The third-order valence-electron chi connectivity index (χ3n) is 8.16. The van der Waals surface area contributed by atoms with Crippen molar-refractivity contribution in [2.24, 2.45) is 0 Å². The van der Waals surface area contributed by atoms with Crippen molar-refractivity contribution in [3.8, 4) is 0 Å². The van der Waals surface area contributed by atoms with Crippen molar-refractivity contribution in [3.05, 3.63) is 0 Å². The van der Waals surface area contributed by atoms with E-state index in [-0.39, 0.29) is 24.0 Å². The summed E-state index contributed by atoms with van der Waals surface area (Å²) in [5, 5.41) is 25.6. The van der Waals surface area contributed by atoms with E-state index in [9.17, 15) is 19.8 Å². The average molecular weight is 583 g/mol. The van der Waals surface area contributed by atoms with Gasteiger partial charge in [0.2, 0.25) is 11.8 Å². The van der Waals surface area contributed by atoms with Crippen molar-refractivity contribution >= 4 is 11.8 Å². The molecular weight excluding hydrogens is 512 g/mol. The van der Waals surface area contributed by atoms with Crippen LogP contribution in [0.15, 0.2) is 0 Å². The molecule has 0 spiro atoms. The van der Waals surface area contributed by atoms with Crippen molar-refractivity contribution in [2.45, 2.75) is 199 Å². The number of hydrogen-bond acceptors (Lipinski definition) is 4. The van der Waals surface area contributed by atoms with Gasteiger partial charge in [-0.25, -0.2) is 0 Å². The number of aliphatic hydroxyl groups excluding tert-OH is 2. The van der Waals surface area contributed by atoms with Gasteiger partial charge in [0.05, 0.1) is 12.2 Å². The number of carbonyl (C=O) groups is 2. The highest BCUT2D eigenvalue weighted by molar-refractivity contribution is 5.77. The Morgan fingerprint density at radius 3 is 1.12 bits per heavy atom. The van der Waals surface area contributed by atoms with Gasteiger partial charge in [-0.05, 0) is 38.5 Å². The molecule has 0 radical (unpaired) electrons. The monoisotopic (exact) mass is 583 g/mol. The predicted octanol–water partition coefficient (Wildman–Crippen LogP) is 8.51. The molecule has 2 amide bonds. The van der Waals surface area contributed by atoms with Crippen LogP contribution in [0, 0.1) is 0 Å². The fourth-order valence-corrected chi connectivity index (χ4v) is 5.46. The Labute approximate surface area is 254 Å². The molecule has 0 aliphatic rings. The largest absolute Gasteiger partial charge is 0.393 e. The second kappa shape index (κ2) is 31.8. The zero-order valence-electron chi connectivity index (χ0n) is 27.4. The first kappa shape index (κ1) is 39.9. The molecule has 6 heteroatoms. The van der Waals surface area contributed by atoms with Gasteiger partial charge < -0.3 is 20.8 Å². The SMILES string of the molecule is CCCCCCC(O)CCCCCCCCCCC(=O)NCCNC(=O)CCCCCCCCCCC(O)CCC. The molecule has 41 heavy (non-hydrogen) atoms. The minimum absolute atomic E-state index is 0.0865. The maximum absolute atomic E-state index is 12.0. The Morgan fingerprint density at radius 2 is 0.756 bits per heavy atom. The summed E-state index contributed by atoms with van der Waals surface area (Å²) in [5.41, 5.74) is 0. The summed E-state index contributed by atoms with van der Waals surface area (Å²) in [5.74, 6) is 0.174. The van der Waals surface area contributed by atoms with Crippen molar-refractivity contribution in [1.82, 2.24) is 10.6 Å². The standard InChI is InChI=1S/C35H70N2O4/c1-3-5-6-19-26-33(39)27-21-16-12-8-10-14-18-23-29-35(41)37-31-30-36-34(40)28-22-17-13-9-7-11-15-20-25-32(38)24-4-2/h32-33,38-39H,3-31H2,1-2H3,(H,36,40)(H,37,41). The molecule has 6 nitrogen and oxygen atoms in total. The van der Waals surface area contributed by atoms with Gasteiger partial charge in [-0.2, -0.15) is 0 Å². The lowest BCUT2D eigenvalue weighted by molar-refractivity contribution is -0.123. The molecule has 4 N–H and O–H groups in total. The molecular formula is C35H70N2O4. The molecule has 0 aromatic rings. The van der Waals surface area contributed by atoms with Gasteiger partial charge in [-0.1, -0.05) is 136 Å². The highest BCUT2D eigenvalue weighted by Gasteiger charge is 2.05. The zero-order chi connectivity index (χ0) is 30.2. The number of aliphatic hydroxyl groups is 2. The molecule has 2 unspecified atom stereocenters. The number of amides is 2. The number of carbonyl (C=O) groups excluding carboxylic acids is 2. The minimum atomic E-state index is -0.106. The highest BCUT2D eigenvalue weighted by Crippen LogP contribution is 2.15. The van der Waals surface area contributed by atoms with E-state index in [0.29, 0.717) is 25.9 Å². The summed E-state index contributed by atoms with van der Waals surface area (Å²) in [6, 6.07) is 0. The lowest BCUT2D eigenvalue weighted by Crippen LogP contribution is -2.34. The quantitative estimate of drug-likeness (QED) is 0.0598.